The maximum Gasteiger partial charge on any atom is 0.167 e. The van der Waals surface area contributed by atoms with E-state index in [1.165, 1.54) is 6.07 Å². The summed E-state index contributed by atoms with van der Waals surface area (Å²) in [5, 5.41) is 0. The molecule has 4 rings (SSSR count). The van der Waals surface area contributed by atoms with Crippen molar-refractivity contribution in [1.82, 2.24) is 0 Å². The molecule has 0 bridgehead atoms. The fourth-order valence-corrected chi connectivity index (χ4v) is 4.86. The van der Waals surface area contributed by atoms with E-state index in [2.05, 4.69) is 6.58 Å². The second-order valence-corrected chi connectivity index (χ2v) is 9.37. The van der Waals surface area contributed by atoms with Gasteiger partial charge in [0.05, 0.1) is 13.2 Å². The van der Waals surface area contributed by atoms with Crippen LogP contribution in [0.1, 0.15) is 56.1 Å². The van der Waals surface area contributed by atoms with Crippen molar-refractivity contribution in [2.75, 3.05) is 13.2 Å². The predicted octanol–water partition coefficient (Wildman–Crippen LogP) is 9.11. The minimum Gasteiger partial charge on any atom is -0.494 e. The van der Waals surface area contributed by atoms with Crippen LogP contribution in [0.2, 0.25) is 0 Å². The summed E-state index contributed by atoms with van der Waals surface area (Å²) in [5.74, 6) is -0.336. The van der Waals surface area contributed by atoms with Crippen LogP contribution in [0.3, 0.4) is 0 Å². The van der Waals surface area contributed by atoms with Crippen LogP contribution in [0.25, 0.3) is 17.2 Å². The fourth-order valence-electron chi connectivity index (χ4n) is 4.86. The molecule has 37 heavy (non-hydrogen) atoms. The van der Waals surface area contributed by atoms with E-state index in [9.17, 15) is 13.2 Å². The zero-order valence-electron chi connectivity index (χ0n) is 21.2. The van der Waals surface area contributed by atoms with E-state index in [1.54, 1.807) is 48.6 Å². The van der Waals surface area contributed by atoms with Gasteiger partial charge in [0.15, 0.2) is 11.6 Å². The molecule has 0 saturated heterocycles. The Bertz CT molecular complexity index is 1230. The van der Waals surface area contributed by atoms with Crippen molar-refractivity contribution in [2.45, 2.75) is 44.9 Å². The van der Waals surface area contributed by atoms with Gasteiger partial charge in [0.2, 0.25) is 0 Å². The molecular weight excluding hydrogens is 473 g/mol. The van der Waals surface area contributed by atoms with Crippen molar-refractivity contribution >= 4 is 6.08 Å². The Balaban J connectivity index is 1.36. The number of allylic oxidation sites excluding steroid dienone is 1. The summed E-state index contributed by atoms with van der Waals surface area (Å²) in [6, 6.07) is 15.3. The Kier molecular flexibility index (Phi) is 9.10. The molecule has 0 spiro atoms. The fraction of sp³-hybridized carbons (Fsp3) is 0.312. The summed E-state index contributed by atoms with van der Waals surface area (Å²) in [4.78, 5) is 0. The molecule has 1 saturated carbocycles. The minimum atomic E-state index is -0.859. The van der Waals surface area contributed by atoms with E-state index >= 15 is 0 Å². The topological polar surface area (TPSA) is 18.5 Å². The van der Waals surface area contributed by atoms with Crippen LogP contribution in [-0.2, 0) is 0 Å². The first-order valence-electron chi connectivity index (χ1n) is 12.9. The molecule has 3 aromatic carbocycles. The third-order valence-corrected chi connectivity index (χ3v) is 6.91. The summed E-state index contributed by atoms with van der Waals surface area (Å²) >= 11 is 0. The summed E-state index contributed by atoms with van der Waals surface area (Å²) in [6.07, 6.45) is 9.52. The van der Waals surface area contributed by atoms with Crippen LogP contribution < -0.4 is 9.47 Å². The van der Waals surface area contributed by atoms with Gasteiger partial charge in [-0.2, -0.15) is 0 Å². The quantitative estimate of drug-likeness (QED) is 0.202. The lowest BCUT2D eigenvalue weighted by Crippen LogP contribution is -2.13. The lowest BCUT2D eigenvalue weighted by atomic mass is 9.78. The van der Waals surface area contributed by atoms with Crippen LogP contribution >= 0.6 is 0 Å². The average molecular weight is 507 g/mol. The second-order valence-electron chi connectivity index (χ2n) is 9.37. The zero-order chi connectivity index (χ0) is 26.2. The Morgan fingerprint density at radius 1 is 0.865 bits per heavy atom. The van der Waals surface area contributed by atoms with Crippen molar-refractivity contribution in [3.8, 4) is 22.6 Å². The highest BCUT2D eigenvalue weighted by molar-refractivity contribution is 5.67. The van der Waals surface area contributed by atoms with Crippen LogP contribution in [-0.4, -0.2) is 13.2 Å². The highest BCUT2D eigenvalue weighted by atomic mass is 19.2. The van der Waals surface area contributed by atoms with E-state index in [0.29, 0.717) is 36.7 Å². The Labute approximate surface area is 217 Å². The summed E-state index contributed by atoms with van der Waals surface area (Å²) in [7, 11) is 0. The van der Waals surface area contributed by atoms with Crippen molar-refractivity contribution in [3.05, 3.63) is 102 Å². The zero-order valence-corrected chi connectivity index (χ0v) is 21.2. The Morgan fingerprint density at radius 2 is 1.59 bits per heavy atom. The smallest absolute Gasteiger partial charge is 0.167 e. The molecule has 0 radical (unpaired) electrons. The van der Waals surface area contributed by atoms with Gasteiger partial charge < -0.3 is 9.47 Å². The molecule has 0 aliphatic heterocycles. The van der Waals surface area contributed by atoms with Crippen molar-refractivity contribution in [1.29, 1.82) is 0 Å². The molecule has 5 heteroatoms. The number of rotatable bonds is 10. The molecular formula is C32H33F3O2. The van der Waals surface area contributed by atoms with Gasteiger partial charge in [0.25, 0.3) is 0 Å². The van der Waals surface area contributed by atoms with E-state index < -0.39 is 11.6 Å². The molecule has 1 aliphatic carbocycles. The lowest BCUT2D eigenvalue weighted by molar-refractivity contribution is 0.321. The first-order valence-corrected chi connectivity index (χ1v) is 12.9. The maximum absolute atomic E-state index is 14.9. The molecule has 0 aromatic heterocycles. The van der Waals surface area contributed by atoms with Crippen molar-refractivity contribution in [2.24, 2.45) is 5.92 Å². The molecule has 2 nitrogen and oxygen atoms in total. The van der Waals surface area contributed by atoms with Gasteiger partial charge in [-0.25, -0.2) is 13.2 Å². The monoisotopic (exact) mass is 506 g/mol. The maximum atomic E-state index is 14.9. The van der Waals surface area contributed by atoms with Gasteiger partial charge in [-0.05, 0) is 80.2 Å². The molecule has 1 fully saturated rings. The van der Waals surface area contributed by atoms with Crippen LogP contribution in [0, 0.1) is 23.4 Å². The van der Waals surface area contributed by atoms with Gasteiger partial charge in [0.1, 0.15) is 17.3 Å². The SMILES string of the molecule is C=CCCOc1ccc(C2CCC(/C=C/c3ccc(-c4ccc(OCC)cc4)c(F)c3F)CC2)c(F)c1. The molecule has 0 heterocycles. The van der Waals surface area contributed by atoms with Gasteiger partial charge in [-0.1, -0.05) is 48.6 Å². The Hall–Kier alpha value is -3.47. The van der Waals surface area contributed by atoms with Crippen LogP contribution in [0.15, 0.2) is 73.3 Å². The number of hydrogen-bond acceptors (Lipinski definition) is 2. The first kappa shape index (κ1) is 26.6. The molecule has 194 valence electrons. The highest BCUT2D eigenvalue weighted by Crippen LogP contribution is 2.38. The largest absolute Gasteiger partial charge is 0.494 e. The van der Waals surface area contributed by atoms with Gasteiger partial charge in [0, 0.05) is 17.2 Å². The van der Waals surface area contributed by atoms with E-state index in [0.717, 1.165) is 31.2 Å². The lowest BCUT2D eigenvalue weighted by Gasteiger charge is -2.27. The molecule has 0 atom stereocenters. The van der Waals surface area contributed by atoms with E-state index in [-0.39, 0.29) is 28.8 Å². The van der Waals surface area contributed by atoms with Gasteiger partial charge in [-0.3, -0.25) is 0 Å². The number of benzene rings is 3. The number of halogens is 3. The van der Waals surface area contributed by atoms with Crippen molar-refractivity contribution in [3.63, 3.8) is 0 Å². The van der Waals surface area contributed by atoms with Crippen molar-refractivity contribution < 1.29 is 22.6 Å². The predicted molar refractivity (Wildman–Crippen MR) is 143 cm³/mol. The summed E-state index contributed by atoms with van der Waals surface area (Å²) < 4.78 is 55.4. The third-order valence-electron chi connectivity index (χ3n) is 6.91. The molecule has 3 aromatic rings. The van der Waals surface area contributed by atoms with Crippen LogP contribution in [0.5, 0.6) is 11.5 Å². The first-order chi connectivity index (χ1) is 18.0. The number of hydrogen-bond donors (Lipinski definition) is 0. The third kappa shape index (κ3) is 6.65. The summed E-state index contributed by atoms with van der Waals surface area (Å²) in [5.41, 5.74) is 1.76. The van der Waals surface area contributed by atoms with E-state index in [4.69, 9.17) is 9.47 Å². The average Bonchev–Trinajstić information content (AvgIpc) is 2.91. The van der Waals surface area contributed by atoms with E-state index in [1.807, 2.05) is 25.1 Å². The van der Waals surface area contributed by atoms with Gasteiger partial charge >= 0.3 is 0 Å². The number of ether oxygens (including phenoxy) is 2. The molecule has 0 N–H and O–H groups in total. The normalized spacial score (nSPS) is 17.6. The molecule has 0 amide bonds. The highest BCUT2D eigenvalue weighted by Gasteiger charge is 2.23. The van der Waals surface area contributed by atoms with Crippen LogP contribution in [0.4, 0.5) is 13.2 Å². The molecule has 1 aliphatic rings. The van der Waals surface area contributed by atoms with Gasteiger partial charge in [-0.15, -0.1) is 6.58 Å². The second kappa shape index (κ2) is 12.7. The minimum absolute atomic E-state index is 0.148. The molecule has 0 unspecified atom stereocenters. The summed E-state index contributed by atoms with van der Waals surface area (Å²) in [6.45, 7) is 6.57. The Morgan fingerprint density at radius 3 is 2.27 bits per heavy atom. The standard InChI is InChI=1S/C32H33F3O2/c1-3-5-20-37-27-17-19-28(30(33)21-27)23-9-6-22(7-10-23)8-11-25-14-18-29(32(35)31(25)34)24-12-15-26(16-13-24)36-4-2/h3,8,11-19,21-23H,1,4-7,9-10,20H2,2H3/b11-8+.